The molecule has 2 rings (SSSR count). The fourth-order valence-corrected chi connectivity index (χ4v) is 1.46. The number of hydrogen-bond acceptors (Lipinski definition) is 4. The lowest BCUT2D eigenvalue weighted by Gasteiger charge is -2.10. The highest BCUT2D eigenvalue weighted by Crippen LogP contribution is 2.11. The van der Waals surface area contributed by atoms with Gasteiger partial charge in [0.1, 0.15) is 6.26 Å². The molecule has 0 spiro atoms. The Morgan fingerprint density at radius 1 is 1.64 bits per heavy atom. The van der Waals surface area contributed by atoms with Gasteiger partial charge in [0, 0.05) is 13.2 Å². The second kappa shape index (κ2) is 4.32. The molecule has 2 heterocycles. The molecule has 0 radical (unpaired) electrons. The third-order valence-electron chi connectivity index (χ3n) is 2.21. The average molecular weight is 199 g/mol. The van der Waals surface area contributed by atoms with Crippen molar-refractivity contribution < 1.29 is 19.0 Å². The molecular formula is C9H13NO4. The van der Waals surface area contributed by atoms with E-state index in [4.69, 9.17) is 14.2 Å². The SMILES string of the molecule is O=C(NCC1CCCO1)C1=COCO1. The molecule has 1 unspecified atom stereocenters. The molecule has 1 fully saturated rings. The van der Waals surface area contributed by atoms with E-state index in [1.54, 1.807) is 0 Å². The Kier molecular flexibility index (Phi) is 2.88. The molecule has 1 N–H and O–H groups in total. The molecule has 0 aliphatic carbocycles. The molecule has 0 bridgehead atoms. The van der Waals surface area contributed by atoms with Crippen LogP contribution >= 0.6 is 0 Å². The van der Waals surface area contributed by atoms with E-state index in [1.165, 1.54) is 6.26 Å². The molecule has 0 aromatic carbocycles. The lowest BCUT2D eigenvalue weighted by molar-refractivity contribution is -0.121. The van der Waals surface area contributed by atoms with Crippen LogP contribution in [0.3, 0.4) is 0 Å². The van der Waals surface area contributed by atoms with Crippen LogP contribution in [0.4, 0.5) is 0 Å². The van der Waals surface area contributed by atoms with Crippen molar-refractivity contribution in [3.63, 3.8) is 0 Å². The Morgan fingerprint density at radius 3 is 3.21 bits per heavy atom. The number of rotatable bonds is 3. The zero-order valence-electron chi connectivity index (χ0n) is 7.82. The van der Waals surface area contributed by atoms with E-state index in [-0.39, 0.29) is 24.6 Å². The molecule has 2 aliphatic heterocycles. The van der Waals surface area contributed by atoms with Gasteiger partial charge >= 0.3 is 0 Å². The summed E-state index contributed by atoms with van der Waals surface area (Å²) < 4.78 is 15.0. The van der Waals surface area contributed by atoms with Crippen molar-refractivity contribution in [3.05, 3.63) is 12.0 Å². The number of hydrogen-bond donors (Lipinski definition) is 1. The van der Waals surface area contributed by atoms with E-state index in [0.29, 0.717) is 6.54 Å². The Labute approximate surface area is 82.0 Å². The number of carbonyl (C=O) groups is 1. The van der Waals surface area contributed by atoms with Gasteiger partial charge in [0.2, 0.25) is 12.6 Å². The van der Waals surface area contributed by atoms with Crippen LogP contribution in [0.25, 0.3) is 0 Å². The number of amides is 1. The summed E-state index contributed by atoms with van der Waals surface area (Å²) in [5.74, 6) is 0.000923. The van der Waals surface area contributed by atoms with E-state index < -0.39 is 0 Å². The van der Waals surface area contributed by atoms with E-state index in [0.717, 1.165) is 19.4 Å². The first kappa shape index (κ1) is 9.33. The summed E-state index contributed by atoms with van der Waals surface area (Å²) in [6.07, 6.45) is 3.56. The van der Waals surface area contributed by atoms with Gasteiger partial charge in [-0.3, -0.25) is 4.79 Å². The minimum atomic E-state index is -0.238. The highest BCUT2D eigenvalue weighted by Gasteiger charge is 2.19. The molecule has 5 heteroatoms. The molecule has 5 nitrogen and oxygen atoms in total. The molecule has 14 heavy (non-hydrogen) atoms. The maximum atomic E-state index is 11.4. The Morgan fingerprint density at radius 2 is 2.57 bits per heavy atom. The number of ether oxygens (including phenoxy) is 3. The van der Waals surface area contributed by atoms with Crippen molar-refractivity contribution in [1.29, 1.82) is 0 Å². The third-order valence-corrected chi connectivity index (χ3v) is 2.21. The van der Waals surface area contributed by atoms with Crippen molar-refractivity contribution >= 4 is 5.91 Å². The average Bonchev–Trinajstić information content (AvgIpc) is 2.87. The van der Waals surface area contributed by atoms with Crippen LogP contribution in [-0.2, 0) is 19.0 Å². The van der Waals surface area contributed by atoms with Crippen LogP contribution in [-0.4, -0.2) is 32.0 Å². The summed E-state index contributed by atoms with van der Waals surface area (Å²) in [5, 5.41) is 2.73. The monoisotopic (exact) mass is 199 g/mol. The molecule has 0 aromatic heterocycles. The van der Waals surface area contributed by atoms with Crippen molar-refractivity contribution in [2.45, 2.75) is 18.9 Å². The standard InChI is InChI=1S/C9H13NO4/c11-9(8-5-12-6-14-8)10-4-7-2-1-3-13-7/h5,7H,1-4,6H2,(H,10,11). The van der Waals surface area contributed by atoms with E-state index in [9.17, 15) is 4.79 Å². The zero-order valence-corrected chi connectivity index (χ0v) is 7.82. The van der Waals surface area contributed by atoms with Gasteiger partial charge in [-0.15, -0.1) is 0 Å². The first-order valence-electron chi connectivity index (χ1n) is 4.70. The fourth-order valence-electron chi connectivity index (χ4n) is 1.46. The van der Waals surface area contributed by atoms with Gasteiger partial charge in [0.25, 0.3) is 5.91 Å². The maximum Gasteiger partial charge on any atom is 0.289 e. The van der Waals surface area contributed by atoms with Crippen LogP contribution in [0.1, 0.15) is 12.8 Å². The smallest absolute Gasteiger partial charge is 0.289 e. The minimum Gasteiger partial charge on any atom is -0.461 e. The number of nitrogens with one attached hydrogen (secondary N) is 1. The Bertz CT molecular complexity index is 245. The van der Waals surface area contributed by atoms with E-state index in [2.05, 4.69) is 5.32 Å². The van der Waals surface area contributed by atoms with Gasteiger partial charge in [0.05, 0.1) is 6.10 Å². The van der Waals surface area contributed by atoms with Gasteiger partial charge in [-0.1, -0.05) is 0 Å². The quantitative estimate of drug-likeness (QED) is 0.701. The third kappa shape index (κ3) is 2.17. The lowest BCUT2D eigenvalue weighted by Crippen LogP contribution is -2.32. The molecule has 2 aliphatic rings. The van der Waals surface area contributed by atoms with Crippen LogP contribution in [0.15, 0.2) is 12.0 Å². The molecule has 0 saturated carbocycles. The topological polar surface area (TPSA) is 56.8 Å². The van der Waals surface area contributed by atoms with Crippen LogP contribution in [0.5, 0.6) is 0 Å². The molecule has 1 amide bonds. The van der Waals surface area contributed by atoms with Crippen molar-refractivity contribution in [2.75, 3.05) is 19.9 Å². The van der Waals surface area contributed by atoms with Gasteiger partial charge in [0.15, 0.2) is 0 Å². The summed E-state index contributed by atoms with van der Waals surface area (Å²) in [4.78, 5) is 11.4. The van der Waals surface area contributed by atoms with Crippen molar-refractivity contribution in [3.8, 4) is 0 Å². The first-order chi connectivity index (χ1) is 6.86. The van der Waals surface area contributed by atoms with Gasteiger partial charge in [-0.05, 0) is 12.8 Å². The molecule has 1 saturated heterocycles. The summed E-state index contributed by atoms with van der Waals surface area (Å²) in [6.45, 7) is 1.46. The highest BCUT2D eigenvalue weighted by molar-refractivity contribution is 5.91. The van der Waals surface area contributed by atoms with E-state index >= 15 is 0 Å². The summed E-state index contributed by atoms with van der Waals surface area (Å²) in [6, 6.07) is 0. The summed E-state index contributed by atoms with van der Waals surface area (Å²) in [7, 11) is 0. The van der Waals surface area contributed by atoms with Gasteiger partial charge in [-0.25, -0.2) is 0 Å². The summed E-state index contributed by atoms with van der Waals surface area (Å²) >= 11 is 0. The second-order valence-electron chi connectivity index (χ2n) is 3.26. The Balaban J connectivity index is 1.71. The predicted molar refractivity (Wildman–Crippen MR) is 47.1 cm³/mol. The normalized spacial score (nSPS) is 25.1. The van der Waals surface area contributed by atoms with Crippen LogP contribution < -0.4 is 5.32 Å². The molecular weight excluding hydrogens is 186 g/mol. The summed E-state index contributed by atoms with van der Waals surface area (Å²) in [5.41, 5.74) is 0. The lowest BCUT2D eigenvalue weighted by atomic mass is 10.2. The maximum absolute atomic E-state index is 11.4. The molecule has 0 aromatic rings. The molecule has 78 valence electrons. The van der Waals surface area contributed by atoms with Crippen molar-refractivity contribution in [1.82, 2.24) is 5.32 Å². The minimum absolute atomic E-state index is 0.128. The Hall–Kier alpha value is -1.23. The predicted octanol–water partition coefficient (Wildman–Crippen LogP) is 0.127. The van der Waals surface area contributed by atoms with Crippen molar-refractivity contribution in [2.24, 2.45) is 0 Å². The fraction of sp³-hybridized carbons (Fsp3) is 0.667. The van der Waals surface area contributed by atoms with Gasteiger partial charge < -0.3 is 19.5 Å². The first-order valence-corrected chi connectivity index (χ1v) is 4.70. The number of carbonyl (C=O) groups excluding carboxylic acids is 1. The largest absolute Gasteiger partial charge is 0.461 e. The van der Waals surface area contributed by atoms with Gasteiger partial charge in [-0.2, -0.15) is 0 Å². The second-order valence-corrected chi connectivity index (χ2v) is 3.26. The zero-order chi connectivity index (χ0) is 9.80. The van der Waals surface area contributed by atoms with Crippen LogP contribution in [0, 0.1) is 0 Å². The highest BCUT2D eigenvalue weighted by atomic mass is 16.7. The van der Waals surface area contributed by atoms with E-state index in [1.807, 2.05) is 0 Å². The molecule has 1 atom stereocenters. The van der Waals surface area contributed by atoms with Crippen LogP contribution in [0.2, 0.25) is 0 Å².